The first-order valence-electron chi connectivity index (χ1n) is 5.91. The van der Waals surface area contributed by atoms with Gasteiger partial charge in [-0.25, -0.2) is 0 Å². The fraction of sp³-hybridized carbons (Fsp3) is 0.462. The highest BCUT2D eigenvalue weighted by atomic mass is 16.1. The molecule has 17 heavy (non-hydrogen) atoms. The zero-order chi connectivity index (χ0) is 12.9. The minimum absolute atomic E-state index is 0.444. The molecule has 1 unspecified atom stereocenters. The molecule has 0 spiro atoms. The number of benzene rings is 1. The third kappa shape index (κ3) is 3.05. The van der Waals surface area contributed by atoms with E-state index in [1.165, 1.54) is 0 Å². The van der Waals surface area contributed by atoms with Crippen LogP contribution in [0.2, 0.25) is 0 Å². The molecule has 0 saturated heterocycles. The van der Waals surface area contributed by atoms with Crippen molar-refractivity contribution in [2.75, 3.05) is 19.6 Å². The van der Waals surface area contributed by atoms with Crippen LogP contribution in [0.25, 0.3) is 0 Å². The van der Waals surface area contributed by atoms with Crippen molar-refractivity contribution in [3.8, 4) is 0 Å². The Balaban J connectivity index is 3.02. The van der Waals surface area contributed by atoms with Gasteiger partial charge in [0, 0.05) is 6.54 Å². The van der Waals surface area contributed by atoms with E-state index in [2.05, 4.69) is 4.90 Å². The van der Waals surface area contributed by atoms with Crippen LogP contribution in [0.4, 0.5) is 0 Å². The second kappa shape index (κ2) is 5.80. The Morgan fingerprint density at radius 1 is 1.24 bits per heavy atom. The smallest absolute Gasteiger partial charge is 0.243 e. The average Bonchev–Trinajstić information content (AvgIpc) is 2.36. The van der Waals surface area contributed by atoms with Crippen LogP contribution < -0.4 is 11.5 Å². The molecule has 1 aromatic carbocycles. The van der Waals surface area contributed by atoms with Crippen LogP contribution in [-0.4, -0.2) is 30.4 Å². The predicted molar refractivity (Wildman–Crippen MR) is 69.3 cm³/mol. The van der Waals surface area contributed by atoms with E-state index >= 15 is 0 Å². The van der Waals surface area contributed by atoms with Gasteiger partial charge in [-0.3, -0.25) is 4.79 Å². The monoisotopic (exact) mass is 235 g/mol. The van der Waals surface area contributed by atoms with Gasteiger partial charge < -0.3 is 16.4 Å². The maximum absolute atomic E-state index is 11.7. The van der Waals surface area contributed by atoms with Crippen molar-refractivity contribution in [1.82, 2.24) is 4.90 Å². The summed E-state index contributed by atoms with van der Waals surface area (Å²) in [4.78, 5) is 13.8. The molecule has 0 fully saturated rings. The van der Waals surface area contributed by atoms with Gasteiger partial charge >= 0.3 is 0 Å². The molecule has 4 heteroatoms. The van der Waals surface area contributed by atoms with Gasteiger partial charge in [0.25, 0.3) is 0 Å². The van der Waals surface area contributed by atoms with Gasteiger partial charge in [-0.05, 0) is 18.7 Å². The summed E-state index contributed by atoms with van der Waals surface area (Å²) in [5.41, 5.74) is 11.3. The molecule has 0 aliphatic carbocycles. The summed E-state index contributed by atoms with van der Waals surface area (Å²) in [7, 11) is 0. The van der Waals surface area contributed by atoms with E-state index in [1.54, 1.807) is 0 Å². The lowest BCUT2D eigenvalue weighted by atomic mass is 9.89. The average molecular weight is 235 g/mol. The maximum atomic E-state index is 11.7. The first kappa shape index (κ1) is 13.7. The zero-order valence-electron chi connectivity index (χ0n) is 10.5. The van der Waals surface area contributed by atoms with Crippen molar-refractivity contribution in [3.05, 3.63) is 35.9 Å². The van der Waals surface area contributed by atoms with Crippen molar-refractivity contribution < 1.29 is 4.79 Å². The summed E-state index contributed by atoms with van der Waals surface area (Å²) in [6.45, 7) is 6.20. The Bertz CT molecular complexity index is 362. The molecule has 0 aliphatic rings. The number of primary amides is 1. The number of rotatable bonds is 6. The molecule has 0 aliphatic heterocycles. The summed E-state index contributed by atoms with van der Waals surface area (Å²) in [5, 5.41) is 0. The number of hydrogen-bond acceptors (Lipinski definition) is 3. The molecular weight excluding hydrogens is 214 g/mol. The van der Waals surface area contributed by atoms with Crippen LogP contribution >= 0.6 is 0 Å². The van der Waals surface area contributed by atoms with E-state index in [-0.39, 0.29) is 0 Å². The highest BCUT2D eigenvalue weighted by Crippen LogP contribution is 2.19. The number of likely N-dealkylation sites (N-methyl/N-ethyl adjacent to an activating group) is 1. The van der Waals surface area contributed by atoms with Gasteiger partial charge in [-0.2, -0.15) is 0 Å². The Hall–Kier alpha value is -1.39. The SMILES string of the molecule is CCN(CC)CC(N)(C(N)=O)c1ccccc1. The summed E-state index contributed by atoms with van der Waals surface area (Å²) >= 11 is 0. The number of nitrogens with zero attached hydrogens (tertiary/aromatic N) is 1. The molecule has 4 N–H and O–H groups in total. The van der Waals surface area contributed by atoms with E-state index < -0.39 is 11.4 Å². The third-order valence-electron chi connectivity index (χ3n) is 3.10. The molecule has 1 amide bonds. The van der Waals surface area contributed by atoms with E-state index in [1.807, 2.05) is 44.2 Å². The Kier molecular flexibility index (Phi) is 4.66. The molecule has 4 nitrogen and oxygen atoms in total. The van der Waals surface area contributed by atoms with Gasteiger partial charge in [0.05, 0.1) is 0 Å². The standard InChI is InChI=1S/C13H21N3O/c1-3-16(4-2)10-13(15,12(14)17)11-8-6-5-7-9-11/h5-9H,3-4,10,15H2,1-2H3,(H2,14,17). The first-order chi connectivity index (χ1) is 8.04. The lowest BCUT2D eigenvalue weighted by Gasteiger charge is -2.32. The van der Waals surface area contributed by atoms with E-state index in [0.29, 0.717) is 6.54 Å². The second-order valence-electron chi connectivity index (χ2n) is 4.16. The fourth-order valence-corrected chi connectivity index (χ4v) is 1.85. The highest BCUT2D eigenvalue weighted by Gasteiger charge is 2.35. The van der Waals surface area contributed by atoms with E-state index in [9.17, 15) is 4.79 Å². The Morgan fingerprint density at radius 2 is 1.76 bits per heavy atom. The quantitative estimate of drug-likeness (QED) is 0.761. The lowest BCUT2D eigenvalue weighted by molar-refractivity contribution is -0.124. The van der Waals surface area contributed by atoms with Gasteiger partial charge in [0.1, 0.15) is 5.54 Å². The topological polar surface area (TPSA) is 72.3 Å². The summed E-state index contributed by atoms with van der Waals surface area (Å²) in [5.74, 6) is -0.490. The Morgan fingerprint density at radius 3 is 2.18 bits per heavy atom. The maximum Gasteiger partial charge on any atom is 0.243 e. The van der Waals surface area contributed by atoms with Crippen LogP contribution in [0.5, 0.6) is 0 Å². The summed E-state index contributed by atoms with van der Waals surface area (Å²) in [6, 6.07) is 9.30. The predicted octanol–water partition coefficient (Wildman–Crippen LogP) is 0.668. The van der Waals surface area contributed by atoms with Crippen molar-refractivity contribution >= 4 is 5.91 Å². The van der Waals surface area contributed by atoms with Gasteiger partial charge in [0.2, 0.25) is 5.91 Å². The Labute approximate surface area is 103 Å². The van der Waals surface area contributed by atoms with Crippen LogP contribution in [0, 0.1) is 0 Å². The molecule has 0 radical (unpaired) electrons. The van der Waals surface area contributed by atoms with Crippen molar-refractivity contribution in [3.63, 3.8) is 0 Å². The van der Waals surface area contributed by atoms with Crippen LogP contribution in [0.3, 0.4) is 0 Å². The summed E-state index contributed by atoms with van der Waals surface area (Å²) < 4.78 is 0. The van der Waals surface area contributed by atoms with Crippen molar-refractivity contribution in [2.45, 2.75) is 19.4 Å². The van der Waals surface area contributed by atoms with Gasteiger partial charge in [0.15, 0.2) is 0 Å². The van der Waals surface area contributed by atoms with Crippen molar-refractivity contribution in [1.29, 1.82) is 0 Å². The molecule has 1 rings (SSSR count). The number of hydrogen-bond donors (Lipinski definition) is 2. The second-order valence-corrected chi connectivity index (χ2v) is 4.16. The number of amides is 1. The van der Waals surface area contributed by atoms with Gasteiger partial charge in [-0.1, -0.05) is 44.2 Å². The van der Waals surface area contributed by atoms with E-state index in [4.69, 9.17) is 11.5 Å². The summed E-state index contributed by atoms with van der Waals surface area (Å²) in [6.07, 6.45) is 0. The molecule has 0 saturated carbocycles. The van der Waals surface area contributed by atoms with Crippen LogP contribution in [0.15, 0.2) is 30.3 Å². The largest absolute Gasteiger partial charge is 0.368 e. The minimum atomic E-state index is -1.12. The molecule has 0 heterocycles. The molecule has 94 valence electrons. The number of carbonyl (C=O) groups is 1. The van der Waals surface area contributed by atoms with Crippen LogP contribution in [0.1, 0.15) is 19.4 Å². The fourth-order valence-electron chi connectivity index (χ4n) is 1.85. The molecular formula is C13H21N3O. The van der Waals surface area contributed by atoms with Crippen molar-refractivity contribution in [2.24, 2.45) is 11.5 Å². The molecule has 1 aromatic rings. The molecule has 0 aromatic heterocycles. The first-order valence-corrected chi connectivity index (χ1v) is 5.91. The normalized spacial score (nSPS) is 14.6. The zero-order valence-corrected chi connectivity index (χ0v) is 10.5. The minimum Gasteiger partial charge on any atom is -0.368 e. The van der Waals surface area contributed by atoms with E-state index in [0.717, 1.165) is 18.7 Å². The molecule has 1 atom stereocenters. The number of nitrogens with two attached hydrogens (primary N) is 2. The van der Waals surface area contributed by atoms with Crippen LogP contribution in [-0.2, 0) is 10.3 Å². The third-order valence-corrected chi connectivity index (χ3v) is 3.10. The number of carbonyl (C=O) groups excluding carboxylic acids is 1. The highest BCUT2D eigenvalue weighted by molar-refractivity contribution is 5.86. The lowest BCUT2D eigenvalue weighted by Crippen LogP contribution is -2.56. The van der Waals surface area contributed by atoms with Gasteiger partial charge in [-0.15, -0.1) is 0 Å². The molecule has 0 bridgehead atoms.